The van der Waals surface area contributed by atoms with Crippen molar-refractivity contribution in [3.05, 3.63) is 22.1 Å². The van der Waals surface area contributed by atoms with Gasteiger partial charge in [-0.05, 0) is 0 Å². The molecule has 0 fully saturated rings. The van der Waals surface area contributed by atoms with Crippen LogP contribution < -0.4 is 6.15 Å². The summed E-state index contributed by atoms with van der Waals surface area (Å²) in [6.07, 6.45) is 7.24. The molecule has 0 aliphatic heterocycles. The zero-order valence-corrected chi connectivity index (χ0v) is 11.3. The molecular weight excluding hydrogens is 242 g/mol. The Morgan fingerprint density at radius 3 is 1.81 bits per heavy atom. The van der Waals surface area contributed by atoms with Gasteiger partial charge in [-0.2, -0.15) is 0 Å². The van der Waals surface area contributed by atoms with Gasteiger partial charge < -0.3 is 6.15 Å². The van der Waals surface area contributed by atoms with Gasteiger partial charge in [0.25, 0.3) is 0 Å². The maximum absolute atomic E-state index is 9.15. The molecule has 16 heavy (non-hydrogen) atoms. The Balaban J connectivity index is 0.00000225. The van der Waals surface area contributed by atoms with Crippen LogP contribution in [-0.2, 0) is 16.6 Å². The Labute approximate surface area is 101 Å². The van der Waals surface area contributed by atoms with Gasteiger partial charge in [-0.25, -0.2) is 0 Å². The van der Waals surface area contributed by atoms with Gasteiger partial charge in [0.05, 0.1) is 0 Å². The van der Waals surface area contributed by atoms with E-state index in [1.807, 2.05) is 6.08 Å². The van der Waals surface area contributed by atoms with Crippen LogP contribution in [0.25, 0.3) is 0 Å². The van der Waals surface area contributed by atoms with E-state index in [4.69, 9.17) is 15.3 Å². The van der Waals surface area contributed by atoms with E-state index in [-0.39, 0.29) is 26.0 Å². The second-order valence-corrected chi connectivity index (χ2v) is 11.4. The minimum absolute atomic E-state index is 0. The van der Waals surface area contributed by atoms with Crippen molar-refractivity contribution in [2.24, 2.45) is 0 Å². The molecule has 0 spiro atoms. The molecule has 0 unspecified atom stereocenters. The van der Waals surface area contributed by atoms with Gasteiger partial charge >= 0.3 is 94.4 Å². The summed E-state index contributed by atoms with van der Waals surface area (Å²) in [4.78, 5) is 0. The number of rotatable bonds is 7. The third-order valence-electron chi connectivity index (χ3n) is 3.22. The molecule has 4 nitrogen and oxygen atoms in total. The summed E-state index contributed by atoms with van der Waals surface area (Å²) in [5, 5.41) is 27.5. The van der Waals surface area contributed by atoms with Gasteiger partial charge in [0.2, 0.25) is 0 Å². The molecule has 0 aromatic rings. The number of aliphatic hydroxyl groups is 3. The van der Waals surface area contributed by atoms with Crippen LogP contribution in [0, 0.1) is 0 Å². The molecule has 6 N–H and O–H groups in total. The van der Waals surface area contributed by atoms with Crippen molar-refractivity contribution in [2.75, 3.05) is 19.8 Å². The van der Waals surface area contributed by atoms with Crippen LogP contribution in [0.4, 0.5) is 0 Å². The Morgan fingerprint density at radius 1 is 1.00 bits per heavy atom. The van der Waals surface area contributed by atoms with Crippen molar-refractivity contribution in [2.45, 2.75) is 20.6 Å². The molecule has 0 atom stereocenters. The second kappa shape index (κ2) is 8.17. The standard InChI is InChI=1S/C5H5.3C2H5O.H3N.Ti/c1-2-4-5-3-1;3*1-2-3;;/h1-3H,4H2;3*3H,1-2H2;1H3;. The van der Waals surface area contributed by atoms with E-state index in [2.05, 4.69) is 12.2 Å². The zero-order valence-electron chi connectivity index (χ0n) is 9.73. The molecule has 94 valence electrons. The first-order valence-corrected chi connectivity index (χ1v) is 9.57. The molecule has 1 rings (SSSR count). The van der Waals surface area contributed by atoms with E-state index in [1.54, 1.807) is 0 Å². The van der Waals surface area contributed by atoms with Gasteiger partial charge in [-0.3, -0.25) is 0 Å². The first-order valence-electron chi connectivity index (χ1n) is 5.48. The molecule has 0 amide bonds. The summed E-state index contributed by atoms with van der Waals surface area (Å²) in [6, 6.07) is 0. The van der Waals surface area contributed by atoms with Crippen molar-refractivity contribution in [1.29, 1.82) is 0 Å². The Bertz CT molecular complexity index is 237. The van der Waals surface area contributed by atoms with Crippen molar-refractivity contribution >= 4 is 0 Å². The summed E-state index contributed by atoms with van der Waals surface area (Å²) < 4.78 is 3.81. The van der Waals surface area contributed by atoms with Crippen LogP contribution in [0.3, 0.4) is 0 Å². The summed E-state index contributed by atoms with van der Waals surface area (Å²) in [6.45, 7) is 0.534. The van der Waals surface area contributed by atoms with Crippen LogP contribution >= 0.6 is 0 Å². The quantitative estimate of drug-likeness (QED) is 0.523. The van der Waals surface area contributed by atoms with Crippen molar-refractivity contribution in [3.63, 3.8) is 0 Å². The van der Waals surface area contributed by atoms with Crippen molar-refractivity contribution < 1.29 is 31.9 Å². The average molecular weight is 265 g/mol. The fraction of sp³-hybridized carbons (Fsp3) is 0.636. The van der Waals surface area contributed by atoms with E-state index >= 15 is 0 Å². The van der Waals surface area contributed by atoms with Gasteiger partial charge in [0.1, 0.15) is 0 Å². The molecule has 0 radical (unpaired) electrons. The number of aliphatic hydroxyl groups excluding tert-OH is 3. The zero-order chi connectivity index (χ0) is 11.1. The molecule has 1 aliphatic rings. The molecular formula is C11H23NO3Ti. The van der Waals surface area contributed by atoms with Crippen molar-refractivity contribution in [3.8, 4) is 0 Å². The van der Waals surface area contributed by atoms with Gasteiger partial charge in [0.15, 0.2) is 0 Å². The predicted octanol–water partition coefficient (Wildman–Crippen LogP) is 1.38. The Kier molecular flexibility index (Phi) is 8.19. The van der Waals surface area contributed by atoms with E-state index < -0.39 is 16.6 Å². The second-order valence-electron chi connectivity index (χ2n) is 4.03. The molecule has 5 heteroatoms. The van der Waals surface area contributed by atoms with Crippen molar-refractivity contribution in [1.82, 2.24) is 6.15 Å². The molecule has 0 aromatic carbocycles. The summed E-state index contributed by atoms with van der Waals surface area (Å²) in [7, 11) is 0. The SMILES string of the molecule is N.OC[CH2][Ti]([CH2]CO)([CH2]CO)[C]1=CC=CC1. The minimum atomic E-state index is -2.37. The Hall–Kier alpha value is 0.0343. The molecule has 0 bridgehead atoms. The third kappa shape index (κ3) is 3.80. The fourth-order valence-electron chi connectivity index (χ4n) is 2.34. The first kappa shape index (κ1) is 16.0. The van der Waals surface area contributed by atoms with Crippen LogP contribution in [0.2, 0.25) is 14.2 Å². The average Bonchev–Trinajstić information content (AvgIpc) is 2.72. The Morgan fingerprint density at radius 2 is 1.50 bits per heavy atom. The summed E-state index contributed by atoms with van der Waals surface area (Å²) >= 11 is -2.37. The van der Waals surface area contributed by atoms with Gasteiger partial charge in [0, 0.05) is 0 Å². The first-order chi connectivity index (χ1) is 7.29. The predicted molar refractivity (Wildman–Crippen MR) is 62.5 cm³/mol. The number of hydrogen-bond acceptors (Lipinski definition) is 4. The summed E-state index contributed by atoms with van der Waals surface area (Å²) in [5.41, 5.74) is 0. The van der Waals surface area contributed by atoms with E-state index in [1.165, 1.54) is 3.88 Å². The number of allylic oxidation sites excluding steroid dienone is 4. The summed E-state index contributed by atoms with van der Waals surface area (Å²) in [5.74, 6) is 0. The molecule has 0 aromatic heterocycles. The molecule has 0 heterocycles. The van der Waals surface area contributed by atoms with E-state index in [0.717, 1.165) is 20.6 Å². The van der Waals surface area contributed by atoms with Crippen LogP contribution in [0.5, 0.6) is 0 Å². The number of hydrogen-bond donors (Lipinski definition) is 4. The normalized spacial score (nSPS) is 14.8. The van der Waals surface area contributed by atoms with Gasteiger partial charge in [-0.15, -0.1) is 0 Å². The maximum atomic E-state index is 9.15. The monoisotopic (exact) mass is 265 g/mol. The molecule has 0 saturated heterocycles. The van der Waals surface area contributed by atoms with E-state index in [9.17, 15) is 0 Å². The van der Waals surface area contributed by atoms with Gasteiger partial charge in [-0.1, -0.05) is 0 Å². The third-order valence-corrected chi connectivity index (χ3v) is 11.5. The fourth-order valence-corrected chi connectivity index (χ4v) is 8.58. The van der Waals surface area contributed by atoms with Crippen LogP contribution in [0.15, 0.2) is 22.1 Å². The topological polar surface area (TPSA) is 95.7 Å². The van der Waals surface area contributed by atoms with E-state index in [0.29, 0.717) is 0 Å². The van der Waals surface area contributed by atoms with Crippen LogP contribution in [-0.4, -0.2) is 35.1 Å². The molecule has 0 saturated carbocycles. The molecule has 1 aliphatic carbocycles. The van der Waals surface area contributed by atoms with Crippen LogP contribution in [0.1, 0.15) is 6.42 Å².